The predicted octanol–water partition coefficient (Wildman–Crippen LogP) is 2.65. The van der Waals surface area contributed by atoms with Gasteiger partial charge in [0.05, 0.1) is 17.0 Å². The van der Waals surface area contributed by atoms with E-state index in [2.05, 4.69) is 20.1 Å². The number of aliphatic carboxylic acids is 2. The number of hydrogen-bond acceptors (Lipinski definition) is 6. The molecule has 0 radical (unpaired) electrons. The average Bonchev–Trinajstić information content (AvgIpc) is 3.21. The summed E-state index contributed by atoms with van der Waals surface area (Å²) in [7, 11) is 0. The maximum atomic E-state index is 11.4. The number of ether oxygens (including phenoxy) is 1. The van der Waals surface area contributed by atoms with Crippen molar-refractivity contribution in [1.29, 1.82) is 0 Å². The number of carboxylic acids is 2. The van der Waals surface area contributed by atoms with Gasteiger partial charge in [0, 0.05) is 35.2 Å². The van der Waals surface area contributed by atoms with Gasteiger partial charge in [-0.2, -0.15) is 0 Å². The van der Waals surface area contributed by atoms with E-state index in [1.807, 2.05) is 24.3 Å². The number of rotatable bonds is 6. The Bertz CT molecular complexity index is 1210. The number of aromatic amines is 1. The molecule has 3 N–H and O–H groups in total. The molecule has 6 rings (SSSR count). The molecule has 0 amide bonds. The summed E-state index contributed by atoms with van der Waals surface area (Å²) in [5.74, 6) is -1.54. The summed E-state index contributed by atoms with van der Waals surface area (Å²) in [5.41, 5.74) is 2.07. The topological polar surface area (TPSA) is 129 Å². The van der Waals surface area contributed by atoms with Gasteiger partial charge in [-0.15, -0.1) is 10.2 Å². The summed E-state index contributed by atoms with van der Waals surface area (Å²) in [4.78, 5) is 27.8. The Morgan fingerprint density at radius 1 is 1.09 bits per heavy atom. The van der Waals surface area contributed by atoms with Crippen LogP contribution in [-0.2, 0) is 9.59 Å². The lowest BCUT2D eigenvalue weighted by Crippen LogP contribution is -2.52. The van der Waals surface area contributed by atoms with Gasteiger partial charge in [-0.25, -0.2) is 9.59 Å². The third kappa shape index (κ3) is 3.94. The van der Waals surface area contributed by atoms with Gasteiger partial charge in [0.25, 0.3) is 0 Å². The van der Waals surface area contributed by atoms with Crippen LogP contribution in [0.3, 0.4) is 0 Å². The zero-order valence-corrected chi connectivity index (χ0v) is 17.2. The van der Waals surface area contributed by atoms with Crippen molar-refractivity contribution in [2.45, 2.75) is 18.9 Å². The molecule has 0 saturated carbocycles. The van der Waals surface area contributed by atoms with Gasteiger partial charge in [0.15, 0.2) is 0 Å². The highest BCUT2D eigenvalue weighted by Gasteiger charge is 2.35. The zero-order chi connectivity index (χ0) is 22.2. The maximum absolute atomic E-state index is 11.4. The van der Waals surface area contributed by atoms with Crippen molar-refractivity contribution in [3.05, 3.63) is 48.2 Å². The molecule has 9 heteroatoms. The number of piperidine rings is 3. The minimum Gasteiger partial charge on any atom is -0.478 e. The minimum atomic E-state index is -1.32. The van der Waals surface area contributed by atoms with E-state index >= 15 is 0 Å². The van der Waals surface area contributed by atoms with Crippen LogP contribution >= 0.6 is 0 Å². The normalized spacial score (nSPS) is 22.8. The SMILES string of the molecule is O=C(O)/C=C(/C(=O)O)c1cc2cc(-c3ccc(O[C@H]4CN5CCC4CC5)nn3)ccc2[nH]1. The molecule has 164 valence electrons. The molecule has 3 fully saturated rings. The lowest BCUT2D eigenvalue weighted by molar-refractivity contribution is -0.133. The van der Waals surface area contributed by atoms with Crippen LogP contribution in [0, 0.1) is 5.92 Å². The van der Waals surface area contributed by atoms with Crippen molar-refractivity contribution < 1.29 is 24.5 Å². The molecular formula is C23H22N4O5. The number of carboxylic acid groups (broad SMARTS) is 2. The second kappa shape index (κ2) is 8.08. The average molecular weight is 434 g/mol. The van der Waals surface area contributed by atoms with Crippen LogP contribution < -0.4 is 4.74 Å². The fraction of sp³-hybridized carbons (Fsp3) is 0.304. The fourth-order valence-corrected chi connectivity index (χ4v) is 4.55. The van der Waals surface area contributed by atoms with Crippen molar-refractivity contribution in [2.24, 2.45) is 5.92 Å². The van der Waals surface area contributed by atoms with Gasteiger partial charge in [0.1, 0.15) is 6.10 Å². The second-order valence-corrected chi connectivity index (χ2v) is 8.24. The van der Waals surface area contributed by atoms with E-state index in [1.54, 1.807) is 12.1 Å². The van der Waals surface area contributed by atoms with Crippen molar-refractivity contribution in [2.75, 3.05) is 19.6 Å². The summed E-state index contributed by atoms with van der Waals surface area (Å²) in [6.07, 6.45) is 3.17. The van der Waals surface area contributed by atoms with Crippen LogP contribution in [0.25, 0.3) is 27.7 Å². The van der Waals surface area contributed by atoms with E-state index in [0.29, 0.717) is 29.1 Å². The fourth-order valence-electron chi connectivity index (χ4n) is 4.55. The molecule has 3 saturated heterocycles. The summed E-state index contributed by atoms with van der Waals surface area (Å²) in [5, 5.41) is 27.6. The van der Waals surface area contributed by atoms with Gasteiger partial charge in [-0.05, 0) is 56.1 Å². The van der Waals surface area contributed by atoms with E-state index in [1.165, 1.54) is 12.8 Å². The van der Waals surface area contributed by atoms with E-state index in [0.717, 1.165) is 30.6 Å². The lowest BCUT2D eigenvalue weighted by Gasteiger charge is -2.44. The summed E-state index contributed by atoms with van der Waals surface area (Å²) < 4.78 is 6.10. The number of hydrogen-bond donors (Lipinski definition) is 3. The highest BCUT2D eigenvalue weighted by Crippen LogP contribution is 2.31. The first-order valence-electron chi connectivity index (χ1n) is 10.5. The Kier molecular flexibility index (Phi) is 5.10. The molecule has 1 atom stereocenters. The first-order valence-corrected chi connectivity index (χ1v) is 10.5. The van der Waals surface area contributed by atoms with E-state index in [4.69, 9.17) is 9.84 Å². The van der Waals surface area contributed by atoms with Gasteiger partial charge >= 0.3 is 11.9 Å². The Hall–Kier alpha value is -3.72. The minimum absolute atomic E-state index is 0.162. The number of nitrogens with one attached hydrogen (secondary N) is 1. The highest BCUT2D eigenvalue weighted by atomic mass is 16.5. The lowest BCUT2D eigenvalue weighted by atomic mass is 9.86. The smallest absolute Gasteiger partial charge is 0.338 e. The van der Waals surface area contributed by atoms with Crippen molar-refractivity contribution in [3.8, 4) is 17.1 Å². The Morgan fingerprint density at radius 3 is 2.53 bits per heavy atom. The number of benzene rings is 1. The third-order valence-electron chi connectivity index (χ3n) is 6.21. The monoisotopic (exact) mass is 434 g/mol. The molecule has 0 unspecified atom stereocenters. The molecule has 32 heavy (non-hydrogen) atoms. The first-order chi connectivity index (χ1) is 15.5. The molecule has 0 aliphatic carbocycles. The third-order valence-corrected chi connectivity index (χ3v) is 6.21. The summed E-state index contributed by atoms with van der Waals surface area (Å²) in [6, 6.07) is 10.8. The van der Waals surface area contributed by atoms with Gasteiger partial charge < -0.3 is 19.9 Å². The van der Waals surface area contributed by atoms with Gasteiger partial charge in [-0.3, -0.25) is 4.90 Å². The maximum Gasteiger partial charge on any atom is 0.338 e. The van der Waals surface area contributed by atoms with E-state index in [-0.39, 0.29) is 17.4 Å². The van der Waals surface area contributed by atoms with Crippen molar-refractivity contribution in [1.82, 2.24) is 20.1 Å². The first kappa shape index (κ1) is 20.2. The molecule has 9 nitrogen and oxygen atoms in total. The Labute approximate surface area is 183 Å². The van der Waals surface area contributed by atoms with Crippen LogP contribution in [0.15, 0.2) is 42.5 Å². The highest BCUT2D eigenvalue weighted by molar-refractivity contribution is 6.19. The molecule has 2 bridgehead atoms. The molecule has 2 aromatic heterocycles. The van der Waals surface area contributed by atoms with Gasteiger partial charge in [-0.1, -0.05) is 6.07 Å². The Morgan fingerprint density at radius 2 is 1.91 bits per heavy atom. The molecular weight excluding hydrogens is 412 g/mol. The predicted molar refractivity (Wildman–Crippen MR) is 116 cm³/mol. The Balaban J connectivity index is 1.36. The van der Waals surface area contributed by atoms with Crippen LogP contribution in [0.4, 0.5) is 0 Å². The quantitative estimate of drug-likeness (QED) is 0.505. The molecule has 5 heterocycles. The molecule has 1 aromatic carbocycles. The van der Waals surface area contributed by atoms with Gasteiger partial charge in [0.2, 0.25) is 5.88 Å². The summed E-state index contributed by atoms with van der Waals surface area (Å²) in [6.45, 7) is 3.24. The van der Waals surface area contributed by atoms with Crippen molar-refractivity contribution in [3.63, 3.8) is 0 Å². The van der Waals surface area contributed by atoms with E-state index in [9.17, 15) is 14.7 Å². The van der Waals surface area contributed by atoms with Crippen molar-refractivity contribution >= 4 is 28.4 Å². The number of carbonyl (C=O) groups is 2. The molecule has 3 aliphatic heterocycles. The largest absolute Gasteiger partial charge is 0.478 e. The summed E-state index contributed by atoms with van der Waals surface area (Å²) >= 11 is 0. The van der Waals surface area contributed by atoms with Crippen LogP contribution in [0.1, 0.15) is 18.5 Å². The zero-order valence-electron chi connectivity index (χ0n) is 17.2. The van der Waals surface area contributed by atoms with E-state index < -0.39 is 11.9 Å². The van der Waals surface area contributed by atoms with Crippen LogP contribution in [0.2, 0.25) is 0 Å². The number of H-pyrrole nitrogens is 1. The van der Waals surface area contributed by atoms with Crippen LogP contribution in [0.5, 0.6) is 5.88 Å². The molecule has 3 aliphatic rings. The number of aromatic nitrogens is 3. The standard InChI is InChI=1S/C23H22N4O5/c28-22(29)11-16(23(30)31)19-10-15-9-14(1-2-17(15)24-19)18-3-4-21(26-25-18)32-20-12-27-7-5-13(20)6-8-27/h1-4,9-11,13,20,24H,5-8,12H2,(H,28,29)(H,30,31)/b16-11+/t20-/m0/s1. The second-order valence-electron chi connectivity index (χ2n) is 8.24. The number of nitrogens with zero attached hydrogens (tertiary/aromatic N) is 3. The number of fused-ring (bicyclic) bond motifs is 4. The molecule has 0 spiro atoms. The molecule has 3 aromatic rings. The van der Waals surface area contributed by atoms with Crippen LogP contribution in [-0.4, -0.2) is 68.0 Å².